The van der Waals surface area contributed by atoms with Gasteiger partial charge in [-0.15, -0.1) is 0 Å². The van der Waals surface area contributed by atoms with Crippen molar-refractivity contribution in [2.24, 2.45) is 0 Å². The zero-order valence-corrected chi connectivity index (χ0v) is 15.6. The molecule has 3 aliphatic rings. The first-order valence-electron chi connectivity index (χ1n) is 9.13. The maximum absolute atomic E-state index is 14.4. The number of benzene rings is 2. The van der Waals surface area contributed by atoms with E-state index in [2.05, 4.69) is 10.2 Å². The van der Waals surface area contributed by atoms with Crippen LogP contribution < -0.4 is 10.2 Å². The van der Waals surface area contributed by atoms with E-state index in [0.29, 0.717) is 30.3 Å². The van der Waals surface area contributed by atoms with Crippen molar-refractivity contribution in [3.63, 3.8) is 0 Å². The maximum atomic E-state index is 14.4. The highest BCUT2D eigenvalue weighted by Gasteiger charge is 2.39. The Labute approximate surface area is 166 Å². The normalized spacial score (nSPS) is 20.7. The highest BCUT2D eigenvalue weighted by Crippen LogP contribution is 2.37. The van der Waals surface area contributed by atoms with Crippen molar-refractivity contribution in [2.45, 2.75) is 18.6 Å². The molecule has 5 nitrogen and oxygen atoms in total. The van der Waals surface area contributed by atoms with E-state index >= 15 is 0 Å². The van der Waals surface area contributed by atoms with Gasteiger partial charge in [0, 0.05) is 24.9 Å². The number of carbonyl (C=O) groups is 1. The van der Waals surface area contributed by atoms with Crippen LogP contribution in [0.15, 0.2) is 42.5 Å². The van der Waals surface area contributed by atoms with Crippen molar-refractivity contribution in [2.75, 3.05) is 23.3 Å². The van der Waals surface area contributed by atoms with Gasteiger partial charge in [-0.25, -0.2) is 9.37 Å². The van der Waals surface area contributed by atoms with Gasteiger partial charge >= 0.3 is 0 Å². The first-order chi connectivity index (χ1) is 13.6. The molecule has 7 heteroatoms. The second-order valence-corrected chi connectivity index (χ2v) is 7.52. The molecule has 3 aromatic rings. The smallest absolute Gasteiger partial charge is 0.165 e. The highest BCUT2D eigenvalue weighted by molar-refractivity contribution is 6.31. The Morgan fingerprint density at radius 3 is 2.57 bits per heavy atom. The molecule has 0 amide bonds. The fourth-order valence-corrected chi connectivity index (χ4v) is 4.15. The number of hydrogen-bond donors (Lipinski definition) is 1. The van der Waals surface area contributed by atoms with E-state index in [4.69, 9.17) is 21.3 Å². The molecule has 6 rings (SSSR count). The van der Waals surface area contributed by atoms with Gasteiger partial charge in [0.1, 0.15) is 11.6 Å². The number of morpholine rings is 1. The van der Waals surface area contributed by atoms with E-state index in [0.717, 1.165) is 23.5 Å². The van der Waals surface area contributed by atoms with Gasteiger partial charge in [-0.3, -0.25) is 4.79 Å². The van der Waals surface area contributed by atoms with Crippen molar-refractivity contribution >= 4 is 46.0 Å². The molecule has 2 bridgehead atoms. The van der Waals surface area contributed by atoms with Gasteiger partial charge in [-0.2, -0.15) is 0 Å². The topological polar surface area (TPSA) is 54.5 Å². The zero-order chi connectivity index (χ0) is 19.3. The summed E-state index contributed by atoms with van der Waals surface area (Å²) in [5.74, 6) is 0.540. The number of nitrogens with zero attached hydrogens (tertiary/aromatic N) is 2. The minimum absolute atomic E-state index is 0.0345. The largest absolute Gasteiger partial charge is 0.371 e. The molecule has 2 aromatic carbocycles. The summed E-state index contributed by atoms with van der Waals surface area (Å²) in [4.78, 5) is 18.8. The predicted octanol–water partition coefficient (Wildman–Crippen LogP) is 4.56. The Morgan fingerprint density at radius 1 is 1.14 bits per heavy atom. The number of anilines is 3. The zero-order valence-electron chi connectivity index (χ0n) is 14.9. The molecule has 3 aliphatic heterocycles. The second-order valence-electron chi connectivity index (χ2n) is 7.11. The average molecular weight is 398 g/mol. The first kappa shape index (κ1) is 17.4. The summed E-state index contributed by atoms with van der Waals surface area (Å²) in [6, 6.07) is 12.3. The number of hydrogen-bond acceptors (Lipinski definition) is 5. The molecule has 28 heavy (non-hydrogen) atoms. The number of halogens is 2. The number of nitrogens with one attached hydrogen (secondary N) is 1. The van der Waals surface area contributed by atoms with Crippen LogP contribution in [0.4, 0.5) is 21.7 Å². The first-order valence-corrected chi connectivity index (χ1v) is 9.51. The van der Waals surface area contributed by atoms with Gasteiger partial charge in [0.2, 0.25) is 0 Å². The molecule has 0 aliphatic carbocycles. The lowest BCUT2D eigenvalue weighted by atomic mass is 9.97. The van der Waals surface area contributed by atoms with Crippen LogP contribution in [0.25, 0.3) is 10.8 Å². The Morgan fingerprint density at radius 2 is 1.86 bits per heavy atom. The molecule has 4 heterocycles. The molecule has 2 atom stereocenters. The van der Waals surface area contributed by atoms with E-state index in [1.807, 2.05) is 24.3 Å². The Bertz CT molecular complexity index is 1070. The van der Waals surface area contributed by atoms with Crippen LogP contribution in [0.3, 0.4) is 0 Å². The number of aldehydes is 1. The molecule has 0 saturated carbocycles. The fraction of sp³-hybridized carbons (Fsp3) is 0.238. The number of ether oxygens (including phenoxy) is 1. The summed E-state index contributed by atoms with van der Waals surface area (Å²) in [5, 5.41) is 4.61. The van der Waals surface area contributed by atoms with Crippen LogP contribution in [0.2, 0.25) is 5.02 Å². The molecule has 1 aromatic heterocycles. The standard InChI is InChI=1S/C21H17ClFN3O2/c22-17-6-3-7-18(19(17)23)24-20-15-5-2-1-4-14(15)16(11-27)21(25-20)26-9-12-8-13(10-26)28-12/h1-7,11-13H,8-10H2,(H,24,25). The van der Waals surface area contributed by atoms with E-state index < -0.39 is 5.82 Å². The van der Waals surface area contributed by atoms with E-state index in [1.165, 1.54) is 6.07 Å². The number of carbonyl (C=O) groups excluding carboxylic acids is 1. The van der Waals surface area contributed by atoms with Gasteiger partial charge in [0.15, 0.2) is 12.1 Å². The van der Waals surface area contributed by atoms with Gasteiger partial charge in [0.05, 0.1) is 28.5 Å². The van der Waals surface area contributed by atoms with Crippen LogP contribution in [0.5, 0.6) is 0 Å². The number of piperidine rings is 1. The minimum Gasteiger partial charge on any atom is -0.371 e. The molecule has 2 unspecified atom stereocenters. The lowest BCUT2D eigenvalue weighted by Gasteiger charge is -2.47. The number of aromatic nitrogens is 1. The molecule has 1 N–H and O–H groups in total. The van der Waals surface area contributed by atoms with Gasteiger partial charge in [-0.05, 0) is 17.5 Å². The van der Waals surface area contributed by atoms with Crippen LogP contribution in [0.1, 0.15) is 16.8 Å². The molecule has 142 valence electrons. The monoisotopic (exact) mass is 397 g/mol. The highest BCUT2D eigenvalue weighted by atomic mass is 35.5. The fourth-order valence-electron chi connectivity index (χ4n) is 3.98. The van der Waals surface area contributed by atoms with E-state index in [-0.39, 0.29) is 22.9 Å². The van der Waals surface area contributed by atoms with Gasteiger partial charge in [-0.1, -0.05) is 41.9 Å². The number of rotatable bonds is 4. The number of fused-ring (bicyclic) bond motifs is 3. The lowest BCUT2D eigenvalue weighted by Crippen LogP contribution is -2.57. The summed E-state index contributed by atoms with van der Waals surface area (Å²) in [5.41, 5.74) is 0.772. The van der Waals surface area contributed by atoms with E-state index in [9.17, 15) is 9.18 Å². The quantitative estimate of drug-likeness (QED) is 0.654. The minimum atomic E-state index is -0.538. The van der Waals surface area contributed by atoms with Crippen molar-refractivity contribution < 1.29 is 13.9 Å². The number of pyridine rings is 1. The van der Waals surface area contributed by atoms with Crippen molar-refractivity contribution in [1.82, 2.24) is 4.98 Å². The Balaban J connectivity index is 1.65. The Hall–Kier alpha value is -2.70. The Kier molecular flexibility index (Phi) is 4.18. The summed E-state index contributed by atoms with van der Waals surface area (Å²) < 4.78 is 20.1. The maximum Gasteiger partial charge on any atom is 0.165 e. The van der Waals surface area contributed by atoms with E-state index in [1.54, 1.807) is 12.1 Å². The second kappa shape index (κ2) is 6.72. The van der Waals surface area contributed by atoms with Gasteiger partial charge in [0.25, 0.3) is 0 Å². The van der Waals surface area contributed by atoms with Gasteiger partial charge < -0.3 is 15.0 Å². The molecular weight excluding hydrogens is 381 g/mol. The van der Waals surface area contributed by atoms with Crippen LogP contribution in [-0.4, -0.2) is 36.6 Å². The molecular formula is C21H17ClFN3O2. The predicted molar refractivity (Wildman–Crippen MR) is 107 cm³/mol. The average Bonchev–Trinajstić information content (AvgIpc) is 2.70. The summed E-state index contributed by atoms with van der Waals surface area (Å²) in [6.45, 7) is 1.38. The van der Waals surface area contributed by atoms with Crippen molar-refractivity contribution in [3.8, 4) is 0 Å². The molecule has 0 spiro atoms. The third kappa shape index (κ3) is 2.80. The van der Waals surface area contributed by atoms with Crippen LogP contribution in [0, 0.1) is 5.82 Å². The third-order valence-corrected chi connectivity index (χ3v) is 5.60. The van der Waals surface area contributed by atoms with Crippen LogP contribution in [-0.2, 0) is 4.74 Å². The summed E-state index contributed by atoms with van der Waals surface area (Å²) in [6.07, 6.45) is 2.23. The summed E-state index contributed by atoms with van der Waals surface area (Å²) >= 11 is 5.92. The van der Waals surface area contributed by atoms with Crippen molar-refractivity contribution in [1.29, 1.82) is 0 Å². The van der Waals surface area contributed by atoms with Crippen molar-refractivity contribution in [3.05, 3.63) is 58.9 Å². The SMILES string of the molecule is O=Cc1c(N2CC3CC(C2)O3)nc(Nc2cccc(Cl)c2F)c2ccccc12. The lowest BCUT2D eigenvalue weighted by molar-refractivity contribution is -0.133. The third-order valence-electron chi connectivity index (χ3n) is 5.31. The van der Waals surface area contributed by atoms with Crippen LogP contribution >= 0.6 is 11.6 Å². The molecule has 3 fully saturated rings. The molecule has 0 radical (unpaired) electrons. The molecule has 3 saturated heterocycles. The summed E-state index contributed by atoms with van der Waals surface area (Å²) in [7, 11) is 0.